The summed E-state index contributed by atoms with van der Waals surface area (Å²) in [7, 11) is 0. The first kappa shape index (κ1) is 21.9. The predicted octanol–water partition coefficient (Wildman–Crippen LogP) is 13.2. The summed E-state index contributed by atoms with van der Waals surface area (Å²) in [5.41, 5.74) is 4.02. The fraction of sp³-hybridized carbons (Fsp3) is 0. The lowest BCUT2D eigenvalue weighted by Gasteiger charge is -2.13. The first-order chi connectivity index (χ1) is 32.8. The van der Waals surface area contributed by atoms with Crippen molar-refractivity contribution in [3.05, 3.63) is 194 Å². The van der Waals surface area contributed by atoms with E-state index in [-0.39, 0.29) is 38.8 Å². The molecule has 0 radical (unpaired) electrons. The van der Waals surface area contributed by atoms with Crippen LogP contribution in [0.4, 0.5) is 0 Å². The Morgan fingerprint density at radius 3 is 1.89 bits per heavy atom. The van der Waals surface area contributed by atoms with Crippen molar-refractivity contribution in [2.24, 2.45) is 0 Å². The second kappa shape index (κ2) is 13.0. The molecule has 11 aromatic rings. The highest BCUT2D eigenvalue weighted by atomic mass is 16.3. The average Bonchev–Trinajstić information content (AvgIpc) is 3.93. The molecule has 0 aliphatic heterocycles. The van der Waals surface area contributed by atoms with E-state index in [1.165, 1.54) is 0 Å². The molecule has 0 saturated carbocycles. The largest absolute Gasteiger partial charge is 0.456 e. The van der Waals surface area contributed by atoms with E-state index in [4.69, 9.17) is 31.7 Å². The Labute approximate surface area is 339 Å². The predicted molar refractivity (Wildman–Crippen MR) is 229 cm³/mol. The molecule has 0 aliphatic carbocycles. The van der Waals surface area contributed by atoms with Crippen LogP contribution in [0, 0.1) is 0 Å². The molecule has 0 unspecified atom stereocenters. The van der Waals surface area contributed by atoms with Gasteiger partial charge in [-0.05, 0) is 64.6 Å². The van der Waals surface area contributed by atoms with Crippen LogP contribution in [0.3, 0.4) is 0 Å². The van der Waals surface area contributed by atoms with E-state index >= 15 is 0 Å². The number of hydrogen-bond donors (Lipinski definition) is 0. The average molecular weight is 729 g/mol. The molecule has 3 heterocycles. The minimum Gasteiger partial charge on any atom is -0.456 e. The lowest BCUT2D eigenvalue weighted by Crippen LogP contribution is -2.01. The zero-order valence-corrected chi connectivity index (χ0v) is 29.2. The molecule has 0 saturated heterocycles. The van der Waals surface area contributed by atoms with Crippen LogP contribution < -0.4 is 0 Å². The van der Waals surface area contributed by atoms with Crippen molar-refractivity contribution in [2.45, 2.75) is 0 Å². The Balaban J connectivity index is 1.20. The molecule has 5 heteroatoms. The first-order valence-electron chi connectivity index (χ1n) is 23.8. The maximum atomic E-state index is 9.91. The van der Waals surface area contributed by atoms with Crippen molar-refractivity contribution in [1.82, 2.24) is 19.5 Å². The molecule has 8 aromatic carbocycles. The third-order valence-corrected chi connectivity index (χ3v) is 9.83. The van der Waals surface area contributed by atoms with Gasteiger partial charge in [-0.15, -0.1) is 0 Å². The monoisotopic (exact) mass is 728 g/mol. The van der Waals surface area contributed by atoms with Crippen molar-refractivity contribution < 1.29 is 20.9 Å². The van der Waals surface area contributed by atoms with Crippen LogP contribution in [0.15, 0.2) is 198 Å². The number of nitrogens with zero attached hydrogens (tertiary/aromatic N) is 4. The molecule has 5 nitrogen and oxygen atoms in total. The zero-order valence-electron chi connectivity index (χ0n) is 41.2. The fourth-order valence-corrected chi connectivity index (χ4v) is 7.27. The summed E-state index contributed by atoms with van der Waals surface area (Å²) < 4.78 is 115. The van der Waals surface area contributed by atoms with Gasteiger partial charge in [0, 0.05) is 43.9 Å². The fourth-order valence-electron chi connectivity index (χ4n) is 7.27. The molecule has 0 fully saturated rings. The standard InChI is InChI=1S/C51H32N4O/c1-3-14-33(15-4-1)34-26-28-35(29-27-34)49-52-50(54-51(53-49)42-22-13-25-47-48(42)41-21-10-12-24-46(41)56-47)40-20-8-7-18-38(40)36-30-31-45-43(32-36)39-19-9-11-23-44(39)55(45)37-16-5-2-6-17-37/h1-32H/i2D,5D,6D,9D,11D,16D,17D,19D,23D,30D,31D,32D. The first-order valence-corrected chi connectivity index (χ1v) is 17.8. The van der Waals surface area contributed by atoms with E-state index in [9.17, 15) is 4.11 Å². The van der Waals surface area contributed by atoms with Gasteiger partial charge in [0.25, 0.3) is 0 Å². The Hall–Kier alpha value is -7.63. The van der Waals surface area contributed by atoms with Gasteiger partial charge in [-0.1, -0.05) is 151 Å². The maximum Gasteiger partial charge on any atom is 0.164 e. The highest BCUT2D eigenvalue weighted by Crippen LogP contribution is 2.40. The number of fused-ring (bicyclic) bond motifs is 6. The Kier molecular flexibility index (Phi) is 5.10. The highest BCUT2D eigenvalue weighted by molar-refractivity contribution is 6.12. The number of rotatable bonds is 6. The second-order valence-electron chi connectivity index (χ2n) is 13.1. The van der Waals surface area contributed by atoms with E-state index in [1.54, 1.807) is 24.3 Å². The molecule has 0 spiro atoms. The van der Waals surface area contributed by atoms with Gasteiger partial charge in [-0.25, -0.2) is 15.0 Å². The minimum absolute atomic E-state index is 0.0933. The molecular weight excluding hydrogens is 685 g/mol. The molecule has 11 rings (SSSR count). The van der Waals surface area contributed by atoms with Gasteiger partial charge in [-0.2, -0.15) is 0 Å². The van der Waals surface area contributed by atoms with Gasteiger partial charge in [0.2, 0.25) is 0 Å². The van der Waals surface area contributed by atoms with Crippen molar-refractivity contribution in [1.29, 1.82) is 0 Å². The maximum absolute atomic E-state index is 9.91. The normalized spacial score (nSPS) is 14.6. The van der Waals surface area contributed by atoms with E-state index in [0.29, 0.717) is 39.5 Å². The number of aromatic nitrogens is 4. The summed E-state index contributed by atoms with van der Waals surface area (Å²) in [5.74, 6) is 0.776. The van der Waals surface area contributed by atoms with Crippen molar-refractivity contribution in [3.63, 3.8) is 0 Å². The van der Waals surface area contributed by atoms with Crippen molar-refractivity contribution >= 4 is 43.7 Å². The van der Waals surface area contributed by atoms with Crippen molar-refractivity contribution in [3.8, 4) is 62.1 Å². The number of para-hydroxylation sites is 3. The lowest BCUT2D eigenvalue weighted by atomic mass is 9.97. The molecule has 262 valence electrons. The molecule has 0 atom stereocenters. The van der Waals surface area contributed by atoms with Crippen LogP contribution >= 0.6 is 0 Å². The van der Waals surface area contributed by atoms with Crippen LogP contribution in [0.5, 0.6) is 0 Å². The summed E-state index contributed by atoms with van der Waals surface area (Å²) in [6, 6.07) is 30.3. The summed E-state index contributed by atoms with van der Waals surface area (Å²) >= 11 is 0. The molecule has 0 bridgehead atoms. The summed E-state index contributed by atoms with van der Waals surface area (Å²) in [6.07, 6.45) is 0. The van der Waals surface area contributed by atoms with Crippen LogP contribution in [0.2, 0.25) is 0 Å². The van der Waals surface area contributed by atoms with Gasteiger partial charge in [-0.3, -0.25) is 0 Å². The topological polar surface area (TPSA) is 56.7 Å². The third-order valence-electron chi connectivity index (χ3n) is 9.83. The van der Waals surface area contributed by atoms with Crippen LogP contribution in [-0.2, 0) is 0 Å². The Bertz CT molecular complexity index is 3920. The summed E-state index contributed by atoms with van der Waals surface area (Å²) in [5, 5.41) is 1.23. The Morgan fingerprint density at radius 1 is 0.411 bits per heavy atom. The molecule has 0 amide bonds. The number of hydrogen-bond acceptors (Lipinski definition) is 4. The van der Waals surface area contributed by atoms with Gasteiger partial charge < -0.3 is 8.98 Å². The van der Waals surface area contributed by atoms with Crippen LogP contribution in [0.1, 0.15) is 16.4 Å². The molecular formula is C51H32N4O. The molecule has 3 aromatic heterocycles. The molecule has 0 N–H and O–H groups in total. The van der Waals surface area contributed by atoms with Gasteiger partial charge in [0.15, 0.2) is 17.5 Å². The van der Waals surface area contributed by atoms with Crippen molar-refractivity contribution in [2.75, 3.05) is 0 Å². The molecule has 0 aliphatic rings. The quantitative estimate of drug-likeness (QED) is 0.171. The van der Waals surface area contributed by atoms with Gasteiger partial charge in [0.1, 0.15) is 11.2 Å². The van der Waals surface area contributed by atoms with E-state index in [0.717, 1.165) is 26.5 Å². The number of benzene rings is 8. The van der Waals surface area contributed by atoms with Gasteiger partial charge >= 0.3 is 0 Å². The smallest absolute Gasteiger partial charge is 0.164 e. The van der Waals surface area contributed by atoms with Gasteiger partial charge in [0.05, 0.1) is 27.5 Å². The second-order valence-corrected chi connectivity index (χ2v) is 13.1. The number of furan rings is 1. The third kappa shape index (κ3) is 5.29. The van der Waals surface area contributed by atoms with E-state index in [2.05, 4.69) is 0 Å². The van der Waals surface area contributed by atoms with Crippen LogP contribution in [0.25, 0.3) is 106 Å². The molecule has 56 heavy (non-hydrogen) atoms. The SMILES string of the molecule is [2H]c1c([2H])c([2H])c(-n2c3c([2H])c([2H])c([2H])c([2H])c3c3c([2H])c(-c4ccccc4-c4nc(-c5ccc(-c6ccccc6)cc5)nc(-c5cccc6oc7ccccc7c56)n4)c([2H])c([2H])c32)c([2H])c1[2H]. The lowest BCUT2D eigenvalue weighted by molar-refractivity contribution is 0.669. The van der Waals surface area contributed by atoms with E-state index in [1.807, 2.05) is 97.1 Å². The highest BCUT2D eigenvalue weighted by Gasteiger charge is 2.20. The van der Waals surface area contributed by atoms with Crippen LogP contribution in [-0.4, -0.2) is 19.5 Å². The summed E-state index contributed by atoms with van der Waals surface area (Å²) in [4.78, 5) is 15.2. The Morgan fingerprint density at radius 2 is 1.04 bits per heavy atom. The zero-order chi connectivity index (χ0) is 47.4. The van der Waals surface area contributed by atoms with E-state index < -0.39 is 78.2 Å². The summed E-state index contributed by atoms with van der Waals surface area (Å²) in [6.45, 7) is 0. The minimum atomic E-state index is -0.716.